The molecule has 1 heterocycles. The Morgan fingerprint density at radius 2 is 1.05 bits per heavy atom. The lowest BCUT2D eigenvalue weighted by atomic mass is 9.90. The molecule has 0 aromatic heterocycles. The van der Waals surface area contributed by atoms with Crippen molar-refractivity contribution in [3.8, 4) is 0 Å². The highest BCUT2D eigenvalue weighted by molar-refractivity contribution is 6.23. The van der Waals surface area contributed by atoms with Gasteiger partial charge < -0.3 is 23.7 Å². The number of epoxide rings is 1. The monoisotopic (exact) mass is 586 g/mol. The second-order valence-electron chi connectivity index (χ2n) is 11.1. The lowest BCUT2D eigenvalue weighted by Crippen LogP contribution is -2.25. The molecule has 0 N–H and O–H groups in total. The lowest BCUT2D eigenvalue weighted by molar-refractivity contribution is -0.120. The van der Waals surface area contributed by atoms with Crippen LogP contribution in [0.25, 0.3) is 0 Å². The molecule has 3 rings (SSSR count). The summed E-state index contributed by atoms with van der Waals surface area (Å²) in [6, 6.07) is 0. The number of carbonyl (C=O) groups excluding carboxylic acids is 4. The Kier molecular flexibility index (Phi) is 13.0. The third kappa shape index (κ3) is 8.43. The number of carbonyl (C=O) groups is 4. The fourth-order valence-corrected chi connectivity index (χ4v) is 5.81. The molecule has 1 saturated heterocycles. The molecule has 42 heavy (non-hydrogen) atoms. The molecule has 1 fully saturated rings. The highest BCUT2D eigenvalue weighted by Gasteiger charge is 2.37. The third-order valence-corrected chi connectivity index (χ3v) is 8.25. The maximum Gasteiger partial charge on any atom is 0.227 e. The molecule has 9 nitrogen and oxygen atoms in total. The van der Waals surface area contributed by atoms with Gasteiger partial charge in [0.1, 0.15) is 0 Å². The van der Waals surface area contributed by atoms with Gasteiger partial charge in [0, 0.05) is 22.8 Å². The van der Waals surface area contributed by atoms with Crippen molar-refractivity contribution in [1.29, 1.82) is 0 Å². The van der Waals surface area contributed by atoms with E-state index in [9.17, 15) is 19.2 Å². The SMILES string of the molecule is COC1=CC(=O)C(OC)=C(CCCCCCCC2OC2CCCCCCCC2=C(OC)C(=O)C(C)=C(OC)C2=O)C1=O. The van der Waals surface area contributed by atoms with Crippen LogP contribution in [0.2, 0.25) is 0 Å². The van der Waals surface area contributed by atoms with Crippen LogP contribution in [0.3, 0.4) is 0 Å². The van der Waals surface area contributed by atoms with Crippen LogP contribution >= 0.6 is 0 Å². The zero-order valence-electron chi connectivity index (χ0n) is 25.8. The zero-order valence-corrected chi connectivity index (χ0v) is 25.8. The van der Waals surface area contributed by atoms with E-state index >= 15 is 0 Å². The minimum atomic E-state index is -0.317. The molecule has 0 radical (unpaired) electrons. The topological polar surface area (TPSA) is 118 Å². The molecular formula is C33H46O9. The summed E-state index contributed by atoms with van der Waals surface area (Å²) in [4.78, 5) is 49.8. The molecule has 2 aliphatic carbocycles. The average molecular weight is 587 g/mol. The molecule has 2 atom stereocenters. The van der Waals surface area contributed by atoms with Gasteiger partial charge in [-0.25, -0.2) is 0 Å². The smallest absolute Gasteiger partial charge is 0.227 e. The summed E-state index contributed by atoms with van der Waals surface area (Å²) in [5.74, 6) is -0.595. The quantitative estimate of drug-likeness (QED) is 0.0995. The normalized spacial score (nSPS) is 20.8. The van der Waals surface area contributed by atoms with Gasteiger partial charge in [-0.2, -0.15) is 0 Å². The highest BCUT2D eigenvalue weighted by Crippen LogP contribution is 2.33. The van der Waals surface area contributed by atoms with Crippen LogP contribution in [0.5, 0.6) is 0 Å². The fourth-order valence-electron chi connectivity index (χ4n) is 5.81. The number of rotatable bonds is 20. The number of Topliss-reactive ketones (excluding diaryl/α,β-unsaturated/α-hetero) is 3. The number of ketones is 4. The van der Waals surface area contributed by atoms with Crippen molar-refractivity contribution < 1.29 is 42.9 Å². The molecule has 0 aromatic rings. The molecule has 0 saturated carbocycles. The van der Waals surface area contributed by atoms with Gasteiger partial charge in [0.15, 0.2) is 23.0 Å². The fraction of sp³-hybridized carbons (Fsp3) is 0.636. The Labute approximate surface area is 249 Å². The van der Waals surface area contributed by atoms with Gasteiger partial charge in [-0.1, -0.05) is 51.4 Å². The van der Waals surface area contributed by atoms with Gasteiger partial charge in [0.2, 0.25) is 23.1 Å². The first-order chi connectivity index (χ1) is 20.3. The first-order valence-corrected chi connectivity index (χ1v) is 15.2. The maximum absolute atomic E-state index is 12.7. The number of hydrogen-bond acceptors (Lipinski definition) is 9. The van der Waals surface area contributed by atoms with Gasteiger partial charge in [-0.15, -0.1) is 0 Å². The van der Waals surface area contributed by atoms with Crippen LogP contribution in [-0.4, -0.2) is 63.8 Å². The van der Waals surface area contributed by atoms with Crippen LogP contribution in [0.1, 0.15) is 96.8 Å². The van der Waals surface area contributed by atoms with E-state index in [1.54, 1.807) is 6.92 Å². The van der Waals surface area contributed by atoms with Crippen LogP contribution in [0.4, 0.5) is 0 Å². The summed E-state index contributed by atoms with van der Waals surface area (Å²) in [5.41, 5.74) is 1.13. The Morgan fingerprint density at radius 1 is 0.571 bits per heavy atom. The molecule has 3 aliphatic rings. The summed E-state index contributed by atoms with van der Waals surface area (Å²) < 4.78 is 26.5. The number of unbranched alkanes of at least 4 members (excludes halogenated alkanes) is 8. The van der Waals surface area contributed by atoms with Crippen LogP contribution in [0.15, 0.2) is 45.8 Å². The maximum atomic E-state index is 12.7. The van der Waals surface area contributed by atoms with Crippen molar-refractivity contribution in [3.05, 3.63) is 45.8 Å². The van der Waals surface area contributed by atoms with Gasteiger partial charge >= 0.3 is 0 Å². The van der Waals surface area contributed by atoms with E-state index in [4.69, 9.17) is 23.7 Å². The van der Waals surface area contributed by atoms with E-state index in [2.05, 4.69) is 0 Å². The Hall–Kier alpha value is -3.20. The number of methoxy groups -OCH3 is 4. The number of hydrogen-bond donors (Lipinski definition) is 0. The molecule has 0 aromatic carbocycles. The van der Waals surface area contributed by atoms with Gasteiger partial charge in [-0.3, -0.25) is 19.2 Å². The average Bonchev–Trinajstić information content (AvgIpc) is 3.74. The minimum absolute atomic E-state index is 0.0779. The van der Waals surface area contributed by atoms with E-state index in [0.717, 1.165) is 77.0 Å². The van der Waals surface area contributed by atoms with Crippen molar-refractivity contribution in [1.82, 2.24) is 0 Å². The van der Waals surface area contributed by atoms with Crippen molar-refractivity contribution in [2.45, 2.75) is 109 Å². The molecule has 0 amide bonds. The van der Waals surface area contributed by atoms with Crippen molar-refractivity contribution in [3.63, 3.8) is 0 Å². The lowest BCUT2D eigenvalue weighted by Gasteiger charge is -2.20. The van der Waals surface area contributed by atoms with Crippen LogP contribution in [-0.2, 0) is 42.9 Å². The van der Waals surface area contributed by atoms with E-state index < -0.39 is 0 Å². The predicted molar refractivity (Wildman–Crippen MR) is 156 cm³/mol. The highest BCUT2D eigenvalue weighted by atomic mass is 16.6. The molecule has 0 bridgehead atoms. The van der Waals surface area contributed by atoms with E-state index in [1.165, 1.54) is 34.5 Å². The van der Waals surface area contributed by atoms with Crippen molar-refractivity contribution in [2.24, 2.45) is 0 Å². The van der Waals surface area contributed by atoms with E-state index in [0.29, 0.717) is 41.8 Å². The standard InChI is InChI=1S/C33H46O9/c1-21-28(35)33(41-5)23(30(37)31(21)39-3)17-13-9-7-11-15-19-26-25(42-26)18-14-10-6-8-12-16-22-29(36)27(38-2)20-24(34)32(22)40-4/h20,25-26H,6-19H2,1-5H3. The Balaban J connectivity index is 1.20. The third-order valence-electron chi connectivity index (χ3n) is 8.25. The Morgan fingerprint density at radius 3 is 1.55 bits per heavy atom. The molecule has 1 aliphatic heterocycles. The summed E-state index contributed by atoms with van der Waals surface area (Å²) in [6.45, 7) is 1.59. The van der Waals surface area contributed by atoms with Gasteiger partial charge in [-0.05, 0) is 45.4 Å². The zero-order chi connectivity index (χ0) is 30.6. The summed E-state index contributed by atoms with van der Waals surface area (Å²) in [5, 5.41) is 0. The van der Waals surface area contributed by atoms with Crippen molar-refractivity contribution >= 4 is 23.1 Å². The first-order valence-electron chi connectivity index (χ1n) is 15.2. The van der Waals surface area contributed by atoms with E-state index in [-0.39, 0.29) is 46.2 Å². The summed E-state index contributed by atoms with van der Waals surface area (Å²) in [7, 11) is 5.65. The number of allylic oxidation sites excluding steroid dienone is 4. The van der Waals surface area contributed by atoms with Crippen LogP contribution in [0, 0.1) is 0 Å². The summed E-state index contributed by atoms with van der Waals surface area (Å²) in [6.07, 6.45) is 15.4. The largest absolute Gasteiger partial charge is 0.493 e. The van der Waals surface area contributed by atoms with Crippen LogP contribution < -0.4 is 0 Å². The van der Waals surface area contributed by atoms with Gasteiger partial charge in [0.05, 0.1) is 40.6 Å². The second-order valence-corrected chi connectivity index (χ2v) is 11.1. The molecule has 0 spiro atoms. The minimum Gasteiger partial charge on any atom is -0.493 e. The van der Waals surface area contributed by atoms with Crippen molar-refractivity contribution in [2.75, 3.05) is 28.4 Å². The van der Waals surface area contributed by atoms with E-state index in [1.807, 2.05) is 0 Å². The molecule has 9 heteroatoms. The molecule has 232 valence electrons. The molecular weight excluding hydrogens is 540 g/mol. The number of ether oxygens (including phenoxy) is 5. The van der Waals surface area contributed by atoms with Gasteiger partial charge in [0.25, 0.3) is 0 Å². The second kappa shape index (κ2) is 16.4. The molecule has 2 unspecified atom stereocenters. The predicted octanol–water partition coefficient (Wildman–Crippen LogP) is 5.77. The first kappa shape index (κ1) is 33.3. The Bertz CT molecular complexity index is 1150. The summed E-state index contributed by atoms with van der Waals surface area (Å²) >= 11 is 0.